The standard InChI is InChI=1S/C18H20N4O2S/c23-16(15-4-2-13(24-15)9-25-17-20-10-21-22-17)19-8-11-7-12-1-3-14(11)18(12)5-6-18/h1-4,10-12,14H,5-9H2,(H,19,23)(H,20,21,22)/t11-,12-,14-/m1/s1. The van der Waals surface area contributed by atoms with Crippen molar-refractivity contribution in [3.63, 3.8) is 0 Å². The molecule has 130 valence electrons. The zero-order valence-corrected chi connectivity index (χ0v) is 14.6. The van der Waals surface area contributed by atoms with E-state index in [-0.39, 0.29) is 5.91 Å². The number of carbonyl (C=O) groups is 1. The monoisotopic (exact) mass is 356 g/mol. The van der Waals surface area contributed by atoms with Crippen molar-refractivity contribution in [2.24, 2.45) is 23.2 Å². The third-order valence-corrected chi connectivity index (χ3v) is 6.90. The summed E-state index contributed by atoms with van der Waals surface area (Å²) in [7, 11) is 0. The first kappa shape index (κ1) is 15.3. The summed E-state index contributed by atoms with van der Waals surface area (Å²) in [6.07, 6.45) is 10.2. The van der Waals surface area contributed by atoms with E-state index < -0.39 is 0 Å². The Hall–Kier alpha value is -2.02. The highest BCUT2D eigenvalue weighted by atomic mass is 32.2. The highest BCUT2D eigenvalue weighted by Crippen LogP contribution is 2.69. The van der Waals surface area contributed by atoms with Gasteiger partial charge in [0.15, 0.2) is 10.9 Å². The van der Waals surface area contributed by atoms with Crippen LogP contribution in [0.25, 0.3) is 0 Å². The average Bonchev–Trinajstić information content (AvgIpc) is 3.01. The minimum atomic E-state index is -0.118. The van der Waals surface area contributed by atoms with Crippen LogP contribution < -0.4 is 5.32 Å². The van der Waals surface area contributed by atoms with Crippen LogP contribution in [-0.2, 0) is 5.75 Å². The van der Waals surface area contributed by atoms with Gasteiger partial charge >= 0.3 is 0 Å². The smallest absolute Gasteiger partial charge is 0.287 e. The number of hydrogen-bond donors (Lipinski definition) is 2. The molecule has 5 rings (SSSR count). The van der Waals surface area contributed by atoms with E-state index >= 15 is 0 Å². The number of aromatic amines is 1. The second-order valence-corrected chi connectivity index (χ2v) is 8.27. The van der Waals surface area contributed by atoms with E-state index in [0.717, 1.165) is 23.4 Å². The first-order valence-corrected chi connectivity index (χ1v) is 9.76. The number of aromatic nitrogens is 3. The van der Waals surface area contributed by atoms with Crippen LogP contribution in [0.4, 0.5) is 0 Å². The molecule has 0 saturated heterocycles. The molecule has 6 nitrogen and oxygen atoms in total. The molecule has 0 aromatic carbocycles. The van der Waals surface area contributed by atoms with Crippen LogP contribution in [0.2, 0.25) is 0 Å². The zero-order valence-electron chi connectivity index (χ0n) is 13.8. The van der Waals surface area contributed by atoms with Crippen LogP contribution >= 0.6 is 11.8 Å². The SMILES string of the molecule is O=C(NC[C@H]1C[C@H]2C=C[C@H]1C21CC1)c1ccc(CSc2ncn[nH]2)o1. The molecular weight excluding hydrogens is 336 g/mol. The minimum Gasteiger partial charge on any atom is -0.455 e. The fourth-order valence-electron chi connectivity index (χ4n) is 4.65. The highest BCUT2D eigenvalue weighted by molar-refractivity contribution is 7.98. The van der Waals surface area contributed by atoms with Gasteiger partial charge in [0, 0.05) is 6.54 Å². The Labute approximate surface area is 149 Å². The summed E-state index contributed by atoms with van der Waals surface area (Å²) in [5.74, 6) is 3.64. The number of rotatable bonds is 6. The Morgan fingerprint density at radius 1 is 1.40 bits per heavy atom. The fourth-order valence-corrected chi connectivity index (χ4v) is 5.32. The first-order chi connectivity index (χ1) is 12.2. The zero-order chi connectivity index (χ0) is 16.9. The number of nitrogens with one attached hydrogen (secondary N) is 2. The van der Waals surface area contributed by atoms with Gasteiger partial charge in [0.2, 0.25) is 0 Å². The molecule has 7 heteroatoms. The summed E-state index contributed by atoms with van der Waals surface area (Å²) in [6, 6.07) is 3.59. The Balaban J connectivity index is 1.15. The molecule has 3 aliphatic rings. The van der Waals surface area contributed by atoms with E-state index in [1.165, 1.54) is 37.4 Å². The van der Waals surface area contributed by atoms with Gasteiger partial charge in [-0.15, -0.1) is 0 Å². The van der Waals surface area contributed by atoms with Gasteiger partial charge in [-0.2, -0.15) is 5.10 Å². The number of H-pyrrole nitrogens is 1. The van der Waals surface area contributed by atoms with Gasteiger partial charge in [-0.25, -0.2) is 4.98 Å². The highest BCUT2D eigenvalue weighted by Gasteiger charge is 2.62. The minimum absolute atomic E-state index is 0.118. The number of hydrogen-bond acceptors (Lipinski definition) is 5. The summed E-state index contributed by atoms with van der Waals surface area (Å²) in [6.45, 7) is 0.745. The maximum absolute atomic E-state index is 12.4. The second-order valence-electron chi connectivity index (χ2n) is 7.30. The van der Waals surface area contributed by atoms with Crippen molar-refractivity contribution >= 4 is 17.7 Å². The second kappa shape index (κ2) is 5.76. The molecule has 2 aromatic rings. The molecule has 2 aromatic heterocycles. The predicted octanol–water partition coefficient (Wildman–Crippen LogP) is 3.02. The van der Waals surface area contributed by atoms with Crippen LogP contribution in [0.5, 0.6) is 0 Å². The van der Waals surface area contributed by atoms with Crippen molar-refractivity contribution in [1.29, 1.82) is 0 Å². The third-order valence-electron chi connectivity index (χ3n) is 6.00. The molecule has 2 saturated carbocycles. The van der Waals surface area contributed by atoms with Crippen molar-refractivity contribution in [2.45, 2.75) is 30.2 Å². The van der Waals surface area contributed by atoms with E-state index in [9.17, 15) is 4.79 Å². The molecule has 0 unspecified atom stereocenters. The van der Waals surface area contributed by atoms with Crippen molar-refractivity contribution in [2.75, 3.05) is 6.54 Å². The van der Waals surface area contributed by atoms with E-state index in [2.05, 4.69) is 32.7 Å². The van der Waals surface area contributed by atoms with Crippen LogP contribution in [-0.4, -0.2) is 27.6 Å². The lowest BCUT2D eigenvalue weighted by molar-refractivity contribution is 0.0915. The quantitative estimate of drug-likeness (QED) is 0.614. The van der Waals surface area contributed by atoms with E-state index in [1.54, 1.807) is 6.07 Å². The van der Waals surface area contributed by atoms with Crippen LogP contribution in [0.1, 0.15) is 35.6 Å². The van der Waals surface area contributed by atoms with Crippen molar-refractivity contribution in [3.05, 3.63) is 42.1 Å². The normalized spacial score (nSPS) is 27.9. The summed E-state index contributed by atoms with van der Waals surface area (Å²) >= 11 is 1.49. The number of carbonyl (C=O) groups excluding carboxylic acids is 1. The van der Waals surface area contributed by atoms with E-state index in [0.29, 0.717) is 28.8 Å². The fraction of sp³-hybridized carbons (Fsp3) is 0.500. The van der Waals surface area contributed by atoms with Crippen molar-refractivity contribution in [1.82, 2.24) is 20.5 Å². The molecule has 3 atom stereocenters. The number of thioether (sulfide) groups is 1. The lowest BCUT2D eigenvalue weighted by Crippen LogP contribution is -2.31. The summed E-state index contributed by atoms with van der Waals surface area (Å²) < 4.78 is 5.67. The molecule has 0 aliphatic heterocycles. The van der Waals surface area contributed by atoms with E-state index in [1.807, 2.05) is 6.07 Å². The number of furan rings is 1. The maximum atomic E-state index is 12.4. The topological polar surface area (TPSA) is 83.8 Å². The molecule has 2 heterocycles. The van der Waals surface area contributed by atoms with Gasteiger partial charge in [-0.3, -0.25) is 9.89 Å². The van der Waals surface area contributed by atoms with Gasteiger partial charge < -0.3 is 9.73 Å². The molecule has 1 spiro atoms. The Morgan fingerprint density at radius 2 is 2.32 bits per heavy atom. The van der Waals surface area contributed by atoms with Crippen LogP contribution in [0.15, 0.2) is 40.2 Å². The van der Waals surface area contributed by atoms with Crippen molar-refractivity contribution in [3.8, 4) is 0 Å². The molecule has 2 bridgehead atoms. The van der Waals surface area contributed by atoms with Gasteiger partial charge in [0.05, 0.1) is 5.75 Å². The van der Waals surface area contributed by atoms with Crippen molar-refractivity contribution < 1.29 is 9.21 Å². The molecular formula is C18H20N4O2S. The molecule has 1 amide bonds. The number of nitrogens with zero attached hydrogens (tertiary/aromatic N) is 2. The summed E-state index contributed by atoms with van der Waals surface area (Å²) in [5, 5.41) is 10.4. The van der Waals surface area contributed by atoms with Crippen LogP contribution in [0, 0.1) is 23.2 Å². The number of allylic oxidation sites excluding steroid dienone is 2. The maximum Gasteiger partial charge on any atom is 0.287 e. The molecule has 3 aliphatic carbocycles. The van der Waals surface area contributed by atoms with Gasteiger partial charge in [-0.1, -0.05) is 23.9 Å². The first-order valence-electron chi connectivity index (χ1n) is 8.78. The van der Waals surface area contributed by atoms with Gasteiger partial charge in [-0.05, 0) is 54.6 Å². The van der Waals surface area contributed by atoms with Gasteiger partial charge in [0.25, 0.3) is 5.91 Å². The van der Waals surface area contributed by atoms with Crippen LogP contribution in [0.3, 0.4) is 0 Å². The molecule has 25 heavy (non-hydrogen) atoms. The molecule has 0 radical (unpaired) electrons. The summed E-state index contributed by atoms with van der Waals surface area (Å²) in [5.41, 5.74) is 0.575. The Kier molecular flexibility index (Phi) is 3.51. The largest absolute Gasteiger partial charge is 0.455 e. The number of amides is 1. The molecule has 2 fully saturated rings. The molecule has 2 N–H and O–H groups in total. The average molecular weight is 356 g/mol. The predicted molar refractivity (Wildman–Crippen MR) is 92.9 cm³/mol. The lowest BCUT2D eigenvalue weighted by Gasteiger charge is -2.19. The summed E-state index contributed by atoms with van der Waals surface area (Å²) in [4.78, 5) is 16.4. The lowest BCUT2D eigenvalue weighted by atomic mass is 9.89. The third kappa shape index (κ3) is 2.61. The Morgan fingerprint density at radius 3 is 3.08 bits per heavy atom. The van der Waals surface area contributed by atoms with E-state index in [4.69, 9.17) is 4.42 Å². The Bertz CT molecular complexity index is 809. The van der Waals surface area contributed by atoms with Gasteiger partial charge in [0.1, 0.15) is 12.1 Å².